The number of carbonyl (C=O) groups is 1. The lowest BCUT2D eigenvalue weighted by molar-refractivity contribution is 0.0950. The molecule has 29 heavy (non-hydrogen) atoms. The maximum atomic E-state index is 12.6. The molecule has 6 nitrogen and oxygen atoms in total. The van der Waals surface area contributed by atoms with Gasteiger partial charge in [0.2, 0.25) is 5.75 Å². The van der Waals surface area contributed by atoms with Crippen molar-refractivity contribution in [1.82, 2.24) is 5.32 Å². The zero-order valence-electron chi connectivity index (χ0n) is 16.5. The summed E-state index contributed by atoms with van der Waals surface area (Å²) in [6.45, 7) is 0.349. The molecular weight excluding hydrogens is 390 g/mol. The van der Waals surface area contributed by atoms with Gasteiger partial charge in [-0.3, -0.25) is 4.79 Å². The lowest BCUT2D eigenvalue weighted by atomic mass is 10.1. The van der Waals surface area contributed by atoms with Gasteiger partial charge in [-0.1, -0.05) is 30.3 Å². The molecule has 3 aromatic rings. The second-order valence-electron chi connectivity index (χ2n) is 6.21. The van der Waals surface area contributed by atoms with E-state index in [9.17, 15) is 9.90 Å². The molecule has 1 amide bonds. The molecule has 1 unspecified atom stereocenters. The second-order valence-corrected chi connectivity index (χ2v) is 7.41. The molecule has 0 radical (unpaired) electrons. The van der Waals surface area contributed by atoms with E-state index < -0.39 is 6.10 Å². The molecule has 152 valence electrons. The van der Waals surface area contributed by atoms with E-state index in [0.717, 1.165) is 15.3 Å². The average Bonchev–Trinajstić information content (AvgIpc) is 3.25. The first kappa shape index (κ1) is 20.7. The average molecular weight is 413 g/mol. The zero-order valence-corrected chi connectivity index (χ0v) is 17.3. The molecule has 0 fully saturated rings. The molecule has 0 saturated carbocycles. The summed E-state index contributed by atoms with van der Waals surface area (Å²) in [6, 6.07) is 16.5. The number of thiophene rings is 1. The first-order valence-electron chi connectivity index (χ1n) is 8.97. The van der Waals surface area contributed by atoms with E-state index in [1.807, 2.05) is 42.5 Å². The first-order valence-corrected chi connectivity index (χ1v) is 9.78. The van der Waals surface area contributed by atoms with Crippen LogP contribution in [0, 0.1) is 0 Å². The number of aliphatic hydroxyl groups is 1. The normalized spacial score (nSPS) is 11.6. The zero-order chi connectivity index (χ0) is 20.8. The van der Waals surface area contributed by atoms with E-state index >= 15 is 0 Å². The summed E-state index contributed by atoms with van der Waals surface area (Å²) in [4.78, 5) is 14.4. The van der Waals surface area contributed by atoms with Crippen LogP contribution in [-0.4, -0.2) is 32.3 Å². The Bertz CT molecular complexity index is 945. The molecule has 3 rings (SSSR count). The van der Waals surface area contributed by atoms with Gasteiger partial charge in [0.25, 0.3) is 5.91 Å². The maximum Gasteiger partial charge on any atom is 0.251 e. The summed E-state index contributed by atoms with van der Waals surface area (Å²) in [6.07, 6.45) is -0.680. The molecule has 2 aromatic carbocycles. The Morgan fingerprint density at radius 1 is 1.00 bits per heavy atom. The quantitative estimate of drug-likeness (QED) is 0.588. The summed E-state index contributed by atoms with van der Waals surface area (Å²) in [7, 11) is 4.52. The van der Waals surface area contributed by atoms with Crippen LogP contribution in [0.1, 0.15) is 31.8 Å². The number of hydrogen-bond acceptors (Lipinski definition) is 6. The largest absolute Gasteiger partial charge is 0.493 e. The van der Waals surface area contributed by atoms with Gasteiger partial charge in [0, 0.05) is 15.3 Å². The van der Waals surface area contributed by atoms with Crippen molar-refractivity contribution in [2.75, 3.05) is 21.3 Å². The van der Waals surface area contributed by atoms with Crippen molar-refractivity contribution in [1.29, 1.82) is 0 Å². The van der Waals surface area contributed by atoms with E-state index in [-0.39, 0.29) is 5.91 Å². The van der Waals surface area contributed by atoms with E-state index in [2.05, 4.69) is 5.32 Å². The van der Waals surface area contributed by atoms with Crippen LogP contribution in [0.25, 0.3) is 0 Å². The molecule has 0 aliphatic heterocycles. The van der Waals surface area contributed by atoms with E-state index in [1.54, 1.807) is 12.1 Å². The Labute approximate surface area is 173 Å². The van der Waals surface area contributed by atoms with Gasteiger partial charge in [0.15, 0.2) is 11.5 Å². The molecule has 1 atom stereocenters. The number of rotatable bonds is 8. The molecule has 1 aromatic heterocycles. The third-order valence-corrected chi connectivity index (χ3v) is 5.55. The Morgan fingerprint density at radius 3 is 2.24 bits per heavy atom. The van der Waals surface area contributed by atoms with Crippen LogP contribution in [0.15, 0.2) is 54.6 Å². The van der Waals surface area contributed by atoms with Crippen LogP contribution in [0.4, 0.5) is 0 Å². The highest BCUT2D eigenvalue weighted by Gasteiger charge is 2.17. The predicted octanol–water partition coefficient (Wildman–Crippen LogP) is 3.79. The molecule has 1 heterocycles. The number of amides is 1. The van der Waals surface area contributed by atoms with Gasteiger partial charge in [-0.15, -0.1) is 11.3 Å². The van der Waals surface area contributed by atoms with Crippen molar-refractivity contribution in [3.8, 4) is 17.2 Å². The van der Waals surface area contributed by atoms with Crippen LogP contribution in [-0.2, 0) is 6.54 Å². The number of hydrogen-bond donors (Lipinski definition) is 2. The minimum atomic E-state index is -0.680. The SMILES string of the molecule is COc1cc(C(=O)NCc2ccc(C(O)c3ccccc3)s2)cc(OC)c1OC. The standard InChI is InChI=1S/C22H23NO5S/c1-26-17-11-15(12-18(27-2)21(17)28-3)22(25)23-13-16-9-10-19(29-16)20(24)14-7-5-4-6-8-14/h4-12,20,24H,13H2,1-3H3,(H,23,25). The monoisotopic (exact) mass is 413 g/mol. The van der Waals surface area contributed by atoms with Gasteiger partial charge in [-0.05, 0) is 29.8 Å². The predicted molar refractivity (Wildman–Crippen MR) is 112 cm³/mol. The van der Waals surface area contributed by atoms with Crippen molar-refractivity contribution in [2.45, 2.75) is 12.6 Å². The molecule has 0 aliphatic carbocycles. The molecule has 0 bridgehead atoms. The van der Waals surface area contributed by atoms with Crippen LogP contribution < -0.4 is 19.5 Å². The molecule has 0 aliphatic rings. The van der Waals surface area contributed by atoms with E-state index in [1.165, 1.54) is 32.7 Å². The summed E-state index contributed by atoms with van der Waals surface area (Å²) in [5.74, 6) is 1.01. The van der Waals surface area contributed by atoms with Crippen LogP contribution in [0.5, 0.6) is 17.2 Å². The van der Waals surface area contributed by atoms with Gasteiger partial charge >= 0.3 is 0 Å². The van der Waals surface area contributed by atoms with Crippen molar-refractivity contribution in [3.05, 3.63) is 75.5 Å². The lowest BCUT2D eigenvalue weighted by Gasteiger charge is -2.14. The second kappa shape index (κ2) is 9.45. The number of ether oxygens (including phenoxy) is 3. The minimum Gasteiger partial charge on any atom is -0.493 e. The van der Waals surface area contributed by atoms with Crippen LogP contribution >= 0.6 is 11.3 Å². The molecule has 7 heteroatoms. The van der Waals surface area contributed by atoms with Gasteiger partial charge in [0.1, 0.15) is 6.10 Å². The third kappa shape index (κ3) is 4.70. The molecule has 0 saturated heterocycles. The van der Waals surface area contributed by atoms with E-state index in [0.29, 0.717) is 29.4 Å². The molecular formula is C22H23NO5S. The van der Waals surface area contributed by atoms with Crippen molar-refractivity contribution in [3.63, 3.8) is 0 Å². The highest BCUT2D eigenvalue weighted by atomic mass is 32.1. The fourth-order valence-corrected chi connectivity index (χ4v) is 3.88. The van der Waals surface area contributed by atoms with E-state index in [4.69, 9.17) is 14.2 Å². The van der Waals surface area contributed by atoms with Crippen molar-refractivity contribution >= 4 is 17.2 Å². The van der Waals surface area contributed by atoms with Gasteiger partial charge < -0.3 is 24.6 Å². The van der Waals surface area contributed by atoms with Gasteiger partial charge in [-0.25, -0.2) is 0 Å². The highest BCUT2D eigenvalue weighted by molar-refractivity contribution is 7.12. The van der Waals surface area contributed by atoms with Crippen molar-refractivity contribution in [2.24, 2.45) is 0 Å². The smallest absolute Gasteiger partial charge is 0.251 e. The summed E-state index contributed by atoms with van der Waals surface area (Å²) < 4.78 is 15.9. The Balaban J connectivity index is 1.69. The van der Waals surface area contributed by atoms with Crippen molar-refractivity contribution < 1.29 is 24.1 Å². The van der Waals surface area contributed by atoms with Crippen LogP contribution in [0.2, 0.25) is 0 Å². The Kier molecular flexibility index (Phi) is 6.74. The topological polar surface area (TPSA) is 77.0 Å². The fourth-order valence-electron chi connectivity index (χ4n) is 2.92. The molecule has 2 N–H and O–H groups in total. The molecule has 0 spiro atoms. The highest BCUT2D eigenvalue weighted by Crippen LogP contribution is 2.38. The number of nitrogens with one attached hydrogen (secondary N) is 1. The number of benzene rings is 2. The van der Waals surface area contributed by atoms with Gasteiger partial charge in [-0.2, -0.15) is 0 Å². The number of methoxy groups -OCH3 is 3. The first-order chi connectivity index (χ1) is 14.1. The summed E-state index contributed by atoms with van der Waals surface area (Å²) in [5.41, 5.74) is 1.24. The summed E-state index contributed by atoms with van der Waals surface area (Å²) in [5, 5.41) is 13.4. The fraction of sp³-hybridized carbons (Fsp3) is 0.227. The minimum absolute atomic E-state index is 0.261. The number of aliphatic hydroxyl groups excluding tert-OH is 1. The van der Waals surface area contributed by atoms with Crippen LogP contribution in [0.3, 0.4) is 0 Å². The number of carbonyl (C=O) groups excluding carboxylic acids is 1. The summed E-state index contributed by atoms with van der Waals surface area (Å²) >= 11 is 1.46. The lowest BCUT2D eigenvalue weighted by Crippen LogP contribution is -2.22. The third-order valence-electron chi connectivity index (χ3n) is 4.42. The Morgan fingerprint density at radius 2 is 1.66 bits per heavy atom. The maximum absolute atomic E-state index is 12.6. The Hall–Kier alpha value is -3.03. The van der Waals surface area contributed by atoms with Gasteiger partial charge in [0.05, 0.1) is 27.9 Å².